The Kier molecular flexibility index (Phi) is 6.49. The van der Waals surface area contributed by atoms with Gasteiger partial charge >= 0.3 is 115 Å². The molecule has 0 fully saturated rings. The summed E-state index contributed by atoms with van der Waals surface area (Å²) in [6.07, 6.45) is 1.01. The molecule has 0 aliphatic heterocycles. The van der Waals surface area contributed by atoms with Gasteiger partial charge in [-0.1, -0.05) is 0 Å². The molecule has 1 aromatic carbocycles. The first kappa shape index (κ1) is 17.1. The SMILES string of the molecule is COc1cc(CNC(=O)CCCS)c([N+](=O)[O-])cc1O[CH2][Rf]. The fraction of sp³-hybridized carbons (Fsp3) is 0.462. The van der Waals surface area contributed by atoms with Gasteiger partial charge in [-0.05, 0) is 0 Å². The van der Waals surface area contributed by atoms with E-state index >= 15 is 0 Å². The van der Waals surface area contributed by atoms with Crippen LogP contribution in [0.25, 0.3) is 0 Å². The molecule has 7 nitrogen and oxygen atoms in total. The van der Waals surface area contributed by atoms with Crippen LogP contribution in [0, 0.1) is 10.1 Å². The second kappa shape index (κ2) is 8.35. The summed E-state index contributed by atoms with van der Waals surface area (Å²) in [6, 6.07) is 2.89. The quantitative estimate of drug-likeness (QED) is 0.265. The number of rotatable bonds is 9. The molecule has 1 aromatic rings. The predicted molar refractivity (Wildman–Crippen MR) is 80.1 cm³/mol. The van der Waals surface area contributed by atoms with Gasteiger partial charge in [0.1, 0.15) is 0 Å². The van der Waals surface area contributed by atoms with Crippen molar-refractivity contribution in [2.45, 2.75) is 19.4 Å². The molecule has 0 aromatic heterocycles. The van der Waals surface area contributed by atoms with Gasteiger partial charge in [0.15, 0.2) is 0 Å². The molecule has 1 rings (SSSR count). The number of nitro groups is 1. The Hall–Kier alpha value is -2.96. The maximum atomic E-state index is 11.6. The van der Waals surface area contributed by atoms with Crippen LogP contribution in [-0.4, -0.2) is 30.8 Å². The van der Waals surface area contributed by atoms with E-state index in [-0.39, 0.29) is 18.1 Å². The number of nitrogens with one attached hydrogen (secondary N) is 1. The molecule has 0 aliphatic rings. The number of methoxy groups -OCH3 is 1. The number of hydrogen-bond donors (Lipinski definition) is 2. The summed E-state index contributed by atoms with van der Waals surface area (Å²) >= 11 is 4.04. The molecule has 117 valence electrons. The molecular formula is C13H17N2O5RfS. The zero-order chi connectivity index (χ0) is 16.5. The first-order chi connectivity index (χ1) is 10.5. The van der Waals surface area contributed by atoms with Gasteiger partial charge in [-0.2, -0.15) is 12.6 Å². The Morgan fingerprint density at radius 3 is 2.73 bits per heavy atom. The standard InChI is InChI=1S/C13H17N2O5S.Rf/c1-19-11-6-9(8-14-13(16)4-3-5-21)10(15(17)18)7-12(11)20-2;/h6-7,21H,2-5,8H2,1H3,(H,14,16);. The van der Waals surface area contributed by atoms with Gasteiger partial charge in [-0.15, -0.1) is 0 Å². The van der Waals surface area contributed by atoms with E-state index in [0.717, 1.165) is 0 Å². The topological polar surface area (TPSA) is 90.7 Å². The van der Waals surface area contributed by atoms with E-state index in [1.807, 2.05) is 0 Å². The maximum absolute atomic E-state index is 11.6. The summed E-state index contributed by atoms with van der Waals surface area (Å²) in [6.45, 7) is 0.0731. The number of thiol groups is 1. The molecule has 9 heteroatoms. The second-order valence-corrected chi connectivity index (χ2v) is 6.64. The molecule has 0 atom stereocenters. The summed E-state index contributed by atoms with van der Waals surface area (Å²) in [7, 11) is 2.05. The van der Waals surface area contributed by atoms with Crippen LogP contribution in [0.3, 0.4) is 0 Å². The first-order valence-electron chi connectivity index (χ1n) is 6.68. The number of nitro benzene ring substituents is 1. The molecule has 22 heavy (non-hydrogen) atoms. The van der Waals surface area contributed by atoms with Crippen molar-refractivity contribution in [1.82, 2.24) is 5.32 Å². The van der Waals surface area contributed by atoms with Gasteiger partial charge in [0.25, 0.3) is 0 Å². The molecule has 0 aliphatic carbocycles. The molecule has 1 amide bonds. The van der Waals surface area contributed by atoms with Crippen molar-refractivity contribution in [2.24, 2.45) is 0 Å². The third kappa shape index (κ3) is 4.55. The Bertz CT molecular complexity index is 541. The van der Waals surface area contributed by atoms with Crippen LogP contribution in [0.4, 0.5) is 5.69 Å². The Morgan fingerprint density at radius 1 is 1.45 bits per heavy atom. The van der Waals surface area contributed by atoms with E-state index in [2.05, 4.69) is 17.9 Å². The molecule has 0 bridgehead atoms. The number of carbonyl (C=O) groups excluding carboxylic acids is 1. The van der Waals surface area contributed by atoms with Gasteiger partial charge in [0.05, 0.1) is 0 Å². The Morgan fingerprint density at radius 2 is 2.18 bits per heavy atom. The summed E-state index contributed by atoms with van der Waals surface area (Å²) in [5.41, 5.74) is 0.293. The molecule has 0 saturated carbocycles. The van der Waals surface area contributed by atoms with Crippen molar-refractivity contribution in [2.75, 3.05) is 20.0 Å². The zero-order valence-corrected chi connectivity index (χ0v) is 19.6. The molecule has 1 N–H and O–H groups in total. The molecule has 0 saturated heterocycles. The predicted octanol–water partition coefficient (Wildman–Crippen LogP) is 1.82. The Labute approximate surface area is 128 Å². The minimum atomic E-state index is -0.486. The average Bonchev–Trinajstić information content (AvgIpc) is 2.51. The number of hydrogen-bond acceptors (Lipinski definition) is 6. The zero-order valence-electron chi connectivity index (χ0n) is 12.3. The minimum absolute atomic E-state index is 0.0731. The van der Waals surface area contributed by atoms with Crippen LogP contribution in [0.5, 0.6) is 11.5 Å². The number of benzene rings is 1. The van der Waals surface area contributed by atoms with Crippen molar-refractivity contribution in [1.29, 1.82) is 0 Å². The Balaban J connectivity index is 2.96. The first-order valence-corrected chi connectivity index (χ1v) is 11.8. The van der Waals surface area contributed by atoms with Gasteiger partial charge in [-0.25, -0.2) is 0 Å². The van der Waals surface area contributed by atoms with Crippen LogP contribution >= 0.6 is 12.6 Å². The van der Waals surface area contributed by atoms with Crippen molar-refractivity contribution in [3.8, 4) is 11.5 Å². The van der Waals surface area contributed by atoms with E-state index in [1.54, 1.807) is 0 Å². The third-order valence-corrected chi connectivity index (χ3v) is 4.10. The summed E-state index contributed by atoms with van der Waals surface area (Å²) in [5.74, 6) is 1.25. The van der Waals surface area contributed by atoms with Crippen LogP contribution in [0.15, 0.2) is 12.1 Å². The van der Waals surface area contributed by atoms with Crippen LogP contribution in [0.1, 0.15) is 18.4 Å². The van der Waals surface area contributed by atoms with E-state index in [0.29, 0.717) is 42.8 Å². The van der Waals surface area contributed by atoms with Gasteiger partial charge in [0, 0.05) is 0 Å². The molecule has 0 heterocycles. The van der Waals surface area contributed by atoms with Crippen LogP contribution in [0.2, 0.25) is 0 Å². The van der Waals surface area contributed by atoms with E-state index < -0.39 is 4.92 Å². The van der Waals surface area contributed by atoms with E-state index in [4.69, 9.17) is 9.47 Å². The second-order valence-electron chi connectivity index (χ2n) is 4.34. The number of amides is 1. The fourth-order valence-electron chi connectivity index (χ4n) is 1.81. The van der Waals surface area contributed by atoms with Gasteiger partial charge in [-0.3, -0.25) is 0 Å². The van der Waals surface area contributed by atoms with E-state index in [1.165, 1.54) is 19.2 Å². The average molecular weight is 580 g/mol. The molecule has 0 radical (unpaired) electrons. The van der Waals surface area contributed by atoms with Crippen molar-refractivity contribution >= 4 is 24.2 Å². The summed E-state index contributed by atoms with van der Waals surface area (Å²) < 4.78 is 10.9. The van der Waals surface area contributed by atoms with Crippen molar-refractivity contribution < 1.29 is 19.2 Å². The van der Waals surface area contributed by atoms with Crippen molar-refractivity contribution in [3.63, 3.8) is 0 Å². The van der Waals surface area contributed by atoms with Crippen LogP contribution < -0.4 is 14.8 Å². The van der Waals surface area contributed by atoms with Crippen LogP contribution in [-0.2, 0) is 11.3 Å². The van der Waals surface area contributed by atoms with Gasteiger partial charge in [0.2, 0.25) is 0 Å². The normalized spacial score (nSPS) is 10.2. The molecule has 0 spiro atoms. The fourth-order valence-corrected chi connectivity index (χ4v) is 2.96. The number of nitrogens with zero attached hydrogens (tertiary/aromatic N) is 1. The third-order valence-electron chi connectivity index (χ3n) is 2.86. The van der Waals surface area contributed by atoms with Gasteiger partial charge < -0.3 is 0 Å². The summed E-state index contributed by atoms with van der Waals surface area (Å²) in [4.78, 5) is 22.3. The van der Waals surface area contributed by atoms with Crippen molar-refractivity contribution in [3.05, 3.63) is 27.8 Å². The monoisotopic (exact) mass is 580 g/mol. The van der Waals surface area contributed by atoms with E-state index in [9.17, 15) is 14.9 Å². The summed E-state index contributed by atoms with van der Waals surface area (Å²) in [5, 5.41) is 13.9. The number of ether oxygens (including phenoxy) is 2. The molecule has 0 unspecified atom stereocenters. The molecular weight excluding hydrogens is 563 g/mol. The number of carbonyl (C=O) groups is 1.